The van der Waals surface area contributed by atoms with Crippen LogP contribution in [0, 0.1) is 11.8 Å². The van der Waals surface area contributed by atoms with Gasteiger partial charge in [-0.3, -0.25) is 14.3 Å². The fraction of sp³-hybridized carbons (Fsp3) is 0.656. The largest absolute Gasteiger partial charge is 0.496 e. The Bertz CT molecular complexity index is 1090. The van der Waals surface area contributed by atoms with Crippen LogP contribution in [-0.4, -0.2) is 59.6 Å². The molecule has 1 heterocycles. The number of aliphatic hydroxyl groups is 1. The average molecular weight is 571 g/mol. The van der Waals surface area contributed by atoms with E-state index in [1.165, 1.54) is 32.1 Å². The second-order valence-electron chi connectivity index (χ2n) is 11.5. The third-order valence-electron chi connectivity index (χ3n) is 8.30. The smallest absolute Gasteiger partial charge is 0.272 e. The molecule has 0 saturated heterocycles. The highest BCUT2D eigenvalue weighted by Gasteiger charge is 2.25. The van der Waals surface area contributed by atoms with Gasteiger partial charge in [0.25, 0.3) is 5.91 Å². The minimum Gasteiger partial charge on any atom is -0.496 e. The van der Waals surface area contributed by atoms with Crippen LogP contribution >= 0.6 is 0 Å². The normalized spacial score (nSPS) is 16.0. The zero-order chi connectivity index (χ0) is 29.8. The monoisotopic (exact) mass is 570 g/mol. The van der Waals surface area contributed by atoms with Crippen molar-refractivity contribution >= 4 is 11.8 Å². The van der Waals surface area contributed by atoms with Crippen molar-refractivity contribution in [3.8, 4) is 22.8 Å². The summed E-state index contributed by atoms with van der Waals surface area (Å²) < 4.78 is 13.2. The van der Waals surface area contributed by atoms with Gasteiger partial charge < -0.3 is 25.2 Å². The second kappa shape index (κ2) is 16.4. The molecule has 0 radical (unpaired) electrons. The van der Waals surface area contributed by atoms with Crippen LogP contribution in [0.2, 0.25) is 0 Å². The number of ether oxygens (including phenoxy) is 2. The predicted molar refractivity (Wildman–Crippen MR) is 161 cm³/mol. The van der Waals surface area contributed by atoms with Gasteiger partial charge in [-0.2, -0.15) is 5.10 Å². The molecule has 2 aromatic rings. The van der Waals surface area contributed by atoms with Gasteiger partial charge in [-0.05, 0) is 49.3 Å². The molecule has 228 valence electrons. The van der Waals surface area contributed by atoms with Gasteiger partial charge in [0.1, 0.15) is 11.5 Å². The van der Waals surface area contributed by atoms with Crippen LogP contribution in [0.4, 0.5) is 0 Å². The van der Waals surface area contributed by atoms with Crippen LogP contribution in [-0.2, 0) is 11.3 Å². The summed E-state index contributed by atoms with van der Waals surface area (Å²) >= 11 is 0. The minimum atomic E-state index is -0.575. The maximum Gasteiger partial charge on any atom is 0.272 e. The first-order valence-electron chi connectivity index (χ1n) is 15.3. The first-order valence-corrected chi connectivity index (χ1v) is 15.3. The predicted octanol–water partition coefficient (Wildman–Crippen LogP) is 5.35. The van der Waals surface area contributed by atoms with E-state index >= 15 is 0 Å². The zero-order valence-electron chi connectivity index (χ0n) is 25.6. The first kappa shape index (κ1) is 32.4. The molecule has 1 aromatic heterocycles. The van der Waals surface area contributed by atoms with E-state index in [0.29, 0.717) is 42.0 Å². The molecule has 1 fully saturated rings. The van der Waals surface area contributed by atoms with Crippen molar-refractivity contribution in [1.29, 1.82) is 0 Å². The Balaban J connectivity index is 1.85. The van der Waals surface area contributed by atoms with Crippen molar-refractivity contribution in [3.05, 3.63) is 30.0 Å². The van der Waals surface area contributed by atoms with Crippen LogP contribution in [0.1, 0.15) is 95.5 Å². The van der Waals surface area contributed by atoms with Gasteiger partial charge in [0, 0.05) is 25.6 Å². The van der Waals surface area contributed by atoms with Crippen LogP contribution in [0.25, 0.3) is 11.3 Å². The molecule has 1 saturated carbocycles. The maximum absolute atomic E-state index is 13.6. The van der Waals surface area contributed by atoms with Crippen molar-refractivity contribution in [3.63, 3.8) is 0 Å². The lowest BCUT2D eigenvalue weighted by atomic mass is 9.85. The Hall–Kier alpha value is -3.07. The minimum absolute atomic E-state index is 0.162. The van der Waals surface area contributed by atoms with Crippen LogP contribution in [0.5, 0.6) is 11.5 Å². The topological polar surface area (TPSA) is 115 Å². The second-order valence-corrected chi connectivity index (χ2v) is 11.5. The lowest BCUT2D eigenvalue weighted by Gasteiger charge is -2.24. The molecule has 0 spiro atoms. The number of aliphatic hydroxyl groups excluding tert-OH is 1. The quantitative estimate of drug-likeness (QED) is 0.251. The highest BCUT2D eigenvalue weighted by Crippen LogP contribution is 2.39. The van der Waals surface area contributed by atoms with Crippen molar-refractivity contribution in [2.24, 2.45) is 11.8 Å². The average Bonchev–Trinajstić information content (AvgIpc) is 3.41. The fourth-order valence-electron chi connectivity index (χ4n) is 5.47. The molecule has 9 nitrogen and oxygen atoms in total. The van der Waals surface area contributed by atoms with Gasteiger partial charge in [-0.25, -0.2) is 0 Å². The number of carbonyl (C=O) groups is 2. The Morgan fingerprint density at radius 2 is 1.78 bits per heavy atom. The summed E-state index contributed by atoms with van der Waals surface area (Å²) in [6.45, 7) is 7.00. The van der Waals surface area contributed by atoms with Crippen LogP contribution in [0.3, 0.4) is 0 Å². The molecular weight excluding hydrogens is 520 g/mol. The molecule has 9 heteroatoms. The van der Waals surface area contributed by atoms with Crippen LogP contribution in [0.15, 0.2) is 24.3 Å². The summed E-state index contributed by atoms with van der Waals surface area (Å²) in [7, 11) is 3.23. The molecule has 0 aliphatic heterocycles. The third-order valence-corrected chi connectivity index (χ3v) is 8.30. The molecule has 41 heavy (non-hydrogen) atoms. The van der Waals surface area contributed by atoms with E-state index in [1.807, 2.05) is 29.8 Å². The van der Waals surface area contributed by atoms with E-state index in [4.69, 9.17) is 14.6 Å². The summed E-state index contributed by atoms with van der Waals surface area (Å²) in [4.78, 5) is 26.4. The Kier molecular flexibility index (Phi) is 13.0. The Morgan fingerprint density at radius 3 is 2.39 bits per heavy atom. The fourth-order valence-corrected chi connectivity index (χ4v) is 5.47. The summed E-state index contributed by atoms with van der Waals surface area (Å²) in [5, 5.41) is 20.5. The molecular formula is C32H50N4O5. The molecule has 1 aliphatic carbocycles. The summed E-state index contributed by atoms with van der Waals surface area (Å²) in [5.74, 6) is 1.77. The van der Waals surface area contributed by atoms with E-state index in [-0.39, 0.29) is 30.8 Å². The van der Waals surface area contributed by atoms with Crippen molar-refractivity contribution in [2.45, 2.75) is 104 Å². The maximum atomic E-state index is 13.6. The number of aromatic nitrogens is 2. The van der Waals surface area contributed by atoms with Gasteiger partial charge in [-0.1, -0.05) is 65.4 Å². The van der Waals surface area contributed by atoms with E-state index in [2.05, 4.69) is 24.5 Å². The number of methoxy groups -OCH3 is 2. The number of rotatable bonds is 16. The Morgan fingerprint density at radius 1 is 1.10 bits per heavy atom. The number of nitrogens with zero attached hydrogens (tertiary/aromatic N) is 2. The molecule has 1 aromatic carbocycles. The van der Waals surface area contributed by atoms with Gasteiger partial charge in [0.15, 0.2) is 5.69 Å². The molecule has 3 N–H and O–H groups in total. The number of nitrogens with one attached hydrogen (secondary N) is 2. The summed E-state index contributed by atoms with van der Waals surface area (Å²) in [6, 6.07) is 7.06. The molecule has 3 rings (SSSR count). The number of hydrogen-bond donors (Lipinski definition) is 3. The summed E-state index contributed by atoms with van der Waals surface area (Å²) in [6.07, 6.45) is 9.03. The molecule has 2 unspecified atom stereocenters. The number of hydrogen-bond acceptors (Lipinski definition) is 6. The van der Waals surface area contributed by atoms with Crippen molar-refractivity contribution in [2.75, 3.05) is 20.8 Å². The highest BCUT2D eigenvalue weighted by atomic mass is 16.5. The third kappa shape index (κ3) is 9.48. The van der Waals surface area contributed by atoms with Gasteiger partial charge in [-0.15, -0.1) is 0 Å². The molecule has 2 amide bonds. The molecule has 0 bridgehead atoms. The SMILES string of the molecule is CCC(C)Cn1nc(C(=O)N[C@@H](CCC2CCCCC2)CC(=O)NCC(O)CC)cc1-c1c(OC)cccc1OC. The lowest BCUT2D eigenvalue weighted by Crippen LogP contribution is -2.41. The van der Waals surface area contributed by atoms with Gasteiger partial charge in [0.05, 0.1) is 31.6 Å². The standard InChI is InChI=1S/C32H50N4O5/c1-6-22(3)21-36-27(31-28(40-4)14-11-15-29(31)41-5)19-26(35-36)32(39)34-24(17-16-23-12-9-8-10-13-23)18-30(38)33-20-25(37)7-2/h11,14-15,19,22-25,37H,6-10,12-13,16-18,20-21H2,1-5H3,(H,33,38)(H,34,39)/t22?,24-,25?/m0/s1. The summed E-state index contributed by atoms with van der Waals surface area (Å²) in [5.41, 5.74) is 1.78. The van der Waals surface area contributed by atoms with E-state index in [9.17, 15) is 14.7 Å². The van der Waals surface area contributed by atoms with Crippen LogP contribution < -0.4 is 20.1 Å². The number of benzene rings is 1. The number of carbonyl (C=O) groups excluding carboxylic acids is 2. The highest BCUT2D eigenvalue weighted by molar-refractivity contribution is 5.94. The van der Waals surface area contributed by atoms with E-state index in [0.717, 1.165) is 30.5 Å². The van der Waals surface area contributed by atoms with Crippen molar-refractivity contribution in [1.82, 2.24) is 20.4 Å². The zero-order valence-corrected chi connectivity index (χ0v) is 25.6. The lowest BCUT2D eigenvalue weighted by molar-refractivity contribution is -0.122. The van der Waals surface area contributed by atoms with Gasteiger partial charge >= 0.3 is 0 Å². The molecule has 1 aliphatic rings. The number of amides is 2. The van der Waals surface area contributed by atoms with E-state index in [1.54, 1.807) is 20.3 Å². The molecule has 3 atom stereocenters. The van der Waals surface area contributed by atoms with Gasteiger partial charge in [0.2, 0.25) is 5.91 Å². The van der Waals surface area contributed by atoms with Crippen molar-refractivity contribution < 1.29 is 24.2 Å². The van der Waals surface area contributed by atoms with E-state index < -0.39 is 6.10 Å². The first-order chi connectivity index (χ1) is 19.8. The Labute approximate surface area is 245 Å².